The van der Waals surface area contributed by atoms with E-state index in [4.69, 9.17) is 28.9 Å². The highest BCUT2D eigenvalue weighted by Crippen LogP contribution is 2.25. The standard InChI is InChI=1S/C18H21Cl2N5O/c1-11-3-6-16(23-10-11)25-17(26)7-8-22-18(21)24-12(2)14-5-4-13(19)9-15(14)20/h3-6,9-10,12H,7-8H2,1-2H3,(H3,21,22,24)(H,23,25,26). The lowest BCUT2D eigenvalue weighted by Crippen LogP contribution is -2.34. The monoisotopic (exact) mass is 393 g/mol. The van der Waals surface area contributed by atoms with Crippen LogP contribution in [0.1, 0.15) is 30.5 Å². The number of nitrogens with one attached hydrogen (secondary N) is 2. The Kier molecular flexibility index (Phi) is 7.24. The number of nitrogens with two attached hydrogens (primary N) is 1. The first-order valence-corrected chi connectivity index (χ1v) is 8.84. The molecule has 0 aliphatic carbocycles. The molecule has 0 radical (unpaired) electrons. The van der Waals surface area contributed by atoms with Crippen molar-refractivity contribution < 1.29 is 4.79 Å². The average Bonchev–Trinajstić information content (AvgIpc) is 2.56. The number of aromatic nitrogens is 1. The van der Waals surface area contributed by atoms with Gasteiger partial charge in [-0.25, -0.2) is 4.98 Å². The minimum atomic E-state index is -0.174. The summed E-state index contributed by atoms with van der Waals surface area (Å²) in [6.45, 7) is 4.10. The quantitative estimate of drug-likeness (QED) is 0.515. The van der Waals surface area contributed by atoms with E-state index in [0.29, 0.717) is 15.9 Å². The Morgan fingerprint density at radius 1 is 1.31 bits per heavy atom. The lowest BCUT2D eigenvalue weighted by atomic mass is 10.1. The molecule has 138 valence electrons. The van der Waals surface area contributed by atoms with E-state index < -0.39 is 0 Å². The van der Waals surface area contributed by atoms with Gasteiger partial charge in [0.15, 0.2) is 5.96 Å². The number of guanidine groups is 1. The molecule has 0 saturated carbocycles. The largest absolute Gasteiger partial charge is 0.370 e. The van der Waals surface area contributed by atoms with Gasteiger partial charge in [0.25, 0.3) is 0 Å². The van der Waals surface area contributed by atoms with Gasteiger partial charge < -0.3 is 16.4 Å². The number of carbonyl (C=O) groups is 1. The maximum absolute atomic E-state index is 11.9. The van der Waals surface area contributed by atoms with Crippen LogP contribution < -0.4 is 16.4 Å². The SMILES string of the molecule is Cc1ccc(NC(=O)CCN=C(N)NC(C)c2ccc(Cl)cc2Cl)nc1. The van der Waals surface area contributed by atoms with Gasteiger partial charge in [-0.15, -0.1) is 0 Å². The van der Waals surface area contributed by atoms with E-state index in [1.165, 1.54) is 0 Å². The van der Waals surface area contributed by atoms with Gasteiger partial charge in [0.1, 0.15) is 5.82 Å². The summed E-state index contributed by atoms with van der Waals surface area (Å²) in [5.41, 5.74) is 7.76. The first kappa shape index (κ1) is 20.0. The molecule has 0 spiro atoms. The molecule has 0 aliphatic heterocycles. The third kappa shape index (κ3) is 6.20. The van der Waals surface area contributed by atoms with E-state index >= 15 is 0 Å². The molecule has 8 heteroatoms. The maximum atomic E-state index is 11.9. The Hall–Kier alpha value is -2.31. The molecule has 4 N–H and O–H groups in total. The number of nitrogens with zero attached hydrogens (tertiary/aromatic N) is 2. The molecule has 1 atom stereocenters. The van der Waals surface area contributed by atoms with E-state index in [9.17, 15) is 4.79 Å². The number of hydrogen-bond acceptors (Lipinski definition) is 3. The highest BCUT2D eigenvalue weighted by molar-refractivity contribution is 6.35. The summed E-state index contributed by atoms with van der Waals surface area (Å²) in [7, 11) is 0. The number of aliphatic imine (C=N–C) groups is 1. The molecule has 1 unspecified atom stereocenters. The van der Waals surface area contributed by atoms with Crippen LogP contribution in [0.3, 0.4) is 0 Å². The molecule has 2 rings (SSSR count). The fourth-order valence-electron chi connectivity index (χ4n) is 2.22. The van der Waals surface area contributed by atoms with Gasteiger partial charge in [-0.1, -0.05) is 35.3 Å². The number of anilines is 1. The zero-order valence-electron chi connectivity index (χ0n) is 14.6. The third-order valence-corrected chi connectivity index (χ3v) is 4.16. The molecular weight excluding hydrogens is 373 g/mol. The maximum Gasteiger partial charge on any atom is 0.227 e. The van der Waals surface area contributed by atoms with E-state index in [2.05, 4.69) is 20.6 Å². The van der Waals surface area contributed by atoms with Crippen molar-refractivity contribution in [2.45, 2.75) is 26.3 Å². The van der Waals surface area contributed by atoms with E-state index in [1.807, 2.05) is 26.0 Å². The van der Waals surface area contributed by atoms with Crippen LogP contribution in [0.15, 0.2) is 41.5 Å². The van der Waals surface area contributed by atoms with Gasteiger partial charge in [-0.2, -0.15) is 0 Å². The Morgan fingerprint density at radius 3 is 2.73 bits per heavy atom. The minimum Gasteiger partial charge on any atom is -0.370 e. The van der Waals surface area contributed by atoms with Crippen molar-refractivity contribution in [1.29, 1.82) is 0 Å². The molecule has 0 fully saturated rings. The van der Waals surface area contributed by atoms with Crippen molar-refractivity contribution in [1.82, 2.24) is 10.3 Å². The smallest absolute Gasteiger partial charge is 0.227 e. The second kappa shape index (κ2) is 9.40. The Labute approximate surface area is 162 Å². The van der Waals surface area contributed by atoms with Gasteiger partial charge in [-0.3, -0.25) is 9.79 Å². The predicted octanol–water partition coefficient (Wildman–Crippen LogP) is 3.69. The number of halogens is 2. The van der Waals surface area contributed by atoms with Crippen LogP contribution in [0.5, 0.6) is 0 Å². The fraction of sp³-hybridized carbons (Fsp3) is 0.278. The summed E-state index contributed by atoms with van der Waals surface area (Å²) >= 11 is 12.1. The van der Waals surface area contributed by atoms with Crippen LogP contribution in [-0.2, 0) is 4.79 Å². The lowest BCUT2D eigenvalue weighted by Gasteiger charge is -2.16. The summed E-state index contributed by atoms with van der Waals surface area (Å²) in [5.74, 6) is 0.582. The molecule has 1 amide bonds. The Balaban J connectivity index is 1.81. The number of aryl methyl sites for hydroxylation is 1. The molecule has 2 aromatic rings. The van der Waals surface area contributed by atoms with Gasteiger partial charge >= 0.3 is 0 Å². The van der Waals surface area contributed by atoms with E-state index in [-0.39, 0.29) is 30.9 Å². The number of hydrogen-bond donors (Lipinski definition) is 3. The molecule has 1 heterocycles. The highest BCUT2D eigenvalue weighted by Gasteiger charge is 2.11. The molecule has 0 aliphatic rings. The number of carbonyl (C=O) groups excluding carboxylic acids is 1. The number of pyridine rings is 1. The fourth-order valence-corrected chi connectivity index (χ4v) is 2.80. The van der Waals surface area contributed by atoms with Gasteiger partial charge in [0.05, 0.1) is 12.6 Å². The first-order valence-electron chi connectivity index (χ1n) is 8.09. The molecular formula is C18H21Cl2N5O. The van der Waals surface area contributed by atoms with Crippen LogP contribution in [0.25, 0.3) is 0 Å². The zero-order chi connectivity index (χ0) is 19.1. The van der Waals surface area contributed by atoms with Crippen molar-refractivity contribution >= 4 is 40.9 Å². The predicted molar refractivity (Wildman–Crippen MR) is 107 cm³/mol. The van der Waals surface area contributed by atoms with Gasteiger partial charge in [0.2, 0.25) is 5.91 Å². The molecule has 26 heavy (non-hydrogen) atoms. The number of amides is 1. The van der Waals surface area contributed by atoms with Crippen molar-refractivity contribution in [3.63, 3.8) is 0 Å². The van der Waals surface area contributed by atoms with Crippen molar-refractivity contribution in [2.24, 2.45) is 10.7 Å². The van der Waals surface area contributed by atoms with Crippen LogP contribution in [0, 0.1) is 6.92 Å². The summed E-state index contributed by atoms with van der Waals surface area (Å²) in [6, 6.07) is 8.76. The third-order valence-electron chi connectivity index (χ3n) is 3.59. The molecule has 1 aromatic carbocycles. The topological polar surface area (TPSA) is 92.4 Å². The Morgan fingerprint density at radius 2 is 2.08 bits per heavy atom. The Bertz CT molecular complexity index is 793. The summed E-state index contributed by atoms with van der Waals surface area (Å²) in [4.78, 5) is 20.2. The van der Waals surface area contributed by atoms with Crippen molar-refractivity contribution in [2.75, 3.05) is 11.9 Å². The van der Waals surface area contributed by atoms with E-state index in [1.54, 1.807) is 24.4 Å². The van der Waals surface area contributed by atoms with Gasteiger partial charge in [-0.05, 0) is 43.2 Å². The average molecular weight is 394 g/mol. The van der Waals surface area contributed by atoms with Gasteiger partial charge in [0, 0.05) is 22.7 Å². The molecule has 6 nitrogen and oxygen atoms in total. The number of rotatable bonds is 6. The van der Waals surface area contributed by atoms with Crippen LogP contribution in [-0.4, -0.2) is 23.4 Å². The second-order valence-electron chi connectivity index (χ2n) is 5.82. The van der Waals surface area contributed by atoms with Crippen LogP contribution >= 0.6 is 23.2 Å². The van der Waals surface area contributed by atoms with Crippen molar-refractivity contribution in [3.05, 3.63) is 57.7 Å². The van der Waals surface area contributed by atoms with E-state index in [0.717, 1.165) is 11.1 Å². The summed E-state index contributed by atoms with van der Waals surface area (Å²) < 4.78 is 0. The summed E-state index contributed by atoms with van der Waals surface area (Å²) in [6.07, 6.45) is 1.90. The molecule has 0 bridgehead atoms. The minimum absolute atomic E-state index is 0.144. The first-order chi connectivity index (χ1) is 12.3. The van der Waals surface area contributed by atoms with Crippen LogP contribution in [0.2, 0.25) is 10.0 Å². The molecule has 1 aromatic heterocycles. The summed E-state index contributed by atoms with van der Waals surface area (Å²) in [5, 5.41) is 6.88. The highest BCUT2D eigenvalue weighted by atomic mass is 35.5. The molecule has 0 saturated heterocycles. The normalized spacial score (nSPS) is 12.5. The lowest BCUT2D eigenvalue weighted by molar-refractivity contribution is -0.116. The zero-order valence-corrected chi connectivity index (χ0v) is 16.1. The van der Waals surface area contributed by atoms with Crippen molar-refractivity contribution in [3.8, 4) is 0 Å². The number of benzene rings is 1. The second-order valence-corrected chi connectivity index (χ2v) is 6.66. The van der Waals surface area contributed by atoms with Crippen LogP contribution in [0.4, 0.5) is 5.82 Å².